The summed E-state index contributed by atoms with van der Waals surface area (Å²) in [5, 5.41) is 3.38. The molecule has 0 bridgehead atoms. The Balaban J connectivity index is 1.91. The lowest BCUT2D eigenvalue weighted by Gasteiger charge is -2.34. The molecule has 1 unspecified atom stereocenters. The molecule has 3 nitrogen and oxygen atoms in total. The van der Waals surface area contributed by atoms with Gasteiger partial charge in [0.1, 0.15) is 0 Å². The second kappa shape index (κ2) is 4.93. The number of piperidine rings is 1. The molecule has 1 aliphatic rings. The van der Waals surface area contributed by atoms with Crippen molar-refractivity contribution >= 4 is 0 Å². The van der Waals surface area contributed by atoms with Crippen LogP contribution in [0.2, 0.25) is 0 Å². The number of pyridine rings is 1. The Kier molecular flexibility index (Phi) is 3.56. The maximum Gasteiger partial charge on any atom is 0.0783 e. The molecule has 1 aliphatic heterocycles. The van der Waals surface area contributed by atoms with Crippen molar-refractivity contribution in [3.63, 3.8) is 0 Å². The molecule has 2 heterocycles. The number of nitrogens with zero attached hydrogens (tertiary/aromatic N) is 1. The van der Waals surface area contributed by atoms with Crippen molar-refractivity contribution in [1.29, 1.82) is 0 Å². The SMILES string of the molecule is Cc1cncc(COC2(C)CCCNC2)c1. The molecule has 1 fully saturated rings. The first-order valence-electron chi connectivity index (χ1n) is 5.93. The quantitative estimate of drug-likeness (QED) is 0.846. The second-order valence-corrected chi connectivity index (χ2v) is 4.89. The smallest absolute Gasteiger partial charge is 0.0783 e. The summed E-state index contributed by atoms with van der Waals surface area (Å²) in [7, 11) is 0. The van der Waals surface area contributed by atoms with Gasteiger partial charge in [0.05, 0.1) is 12.2 Å². The number of hydrogen-bond donors (Lipinski definition) is 1. The number of rotatable bonds is 3. The van der Waals surface area contributed by atoms with E-state index >= 15 is 0 Å². The highest BCUT2D eigenvalue weighted by Gasteiger charge is 2.27. The topological polar surface area (TPSA) is 34.1 Å². The number of aromatic nitrogens is 1. The Hall–Kier alpha value is -0.930. The summed E-state index contributed by atoms with van der Waals surface area (Å²) in [4.78, 5) is 4.18. The Morgan fingerprint density at radius 1 is 1.50 bits per heavy atom. The monoisotopic (exact) mass is 220 g/mol. The van der Waals surface area contributed by atoms with Crippen molar-refractivity contribution in [2.75, 3.05) is 13.1 Å². The van der Waals surface area contributed by atoms with E-state index in [-0.39, 0.29) is 5.60 Å². The van der Waals surface area contributed by atoms with Crippen LogP contribution in [0.15, 0.2) is 18.5 Å². The third-order valence-corrected chi connectivity index (χ3v) is 3.08. The molecular weight excluding hydrogens is 200 g/mol. The first-order valence-corrected chi connectivity index (χ1v) is 5.93. The van der Waals surface area contributed by atoms with E-state index in [9.17, 15) is 0 Å². The number of ether oxygens (including phenoxy) is 1. The summed E-state index contributed by atoms with van der Waals surface area (Å²) in [6.07, 6.45) is 6.09. The minimum atomic E-state index is -0.0119. The minimum absolute atomic E-state index is 0.0119. The van der Waals surface area contributed by atoms with Gasteiger partial charge in [-0.1, -0.05) is 6.07 Å². The summed E-state index contributed by atoms with van der Waals surface area (Å²) < 4.78 is 6.01. The summed E-state index contributed by atoms with van der Waals surface area (Å²) in [5.41, 5.74) is 2.34. The molecule has 0 saturated carbocycles. The van der Waals surface area contributed by atoms with Crippen molar-refractivity contribution in [3.05, 3.63) is 29.6 Å². The maximum absolute atomic E-state index is 6.01. The average Bonchev–Trinajstić information content (AvgIpc) is 2.28. The number of nitrogens with one attached hydrogen (secondary N) is 1. The van der Waals surface area contributed by atoms with E-state index in [2.05, 4.69) is 30.2 Å². The fourth-order valence-corrected chi connectivity index (χ4v) is 2.11. The highest BCUT2D eigenvalue weighted by atomic mass is 16.5. The van der Waals surface area contributed by atoms with Crippen LogP contribution in [0, 0.1) is 6.92 Å². The predicted molar refractivity (Wildman–Crippen MR) is 64.3 cm³/mol. The van der Waals surface area contributed by atoms with E-state index in [4.69, 9.17) is 4.74 Å². The van der Waals surface area contributed by atoms with E-state index in [0.29, 0.717) is 6.61 Å². The zero-order valence-corrected chi connectivity index (χ0v) is 10.1. The van der Waals surface area contributed by atoms with Gasteiger partial charge in [-0.05, 0) is 44.4 Å². The van der Waals surface area contributed by atoms with Gasteiger partial charge in [-0.15, -0.1) is 0 Å². The summed E-state index contributed by atoms with van der Waals surface area (Å²) in [6.45, 7) is 6.97. The molecule has 3 heteroatoms. The molecule has 0 radical (unpaired) electrons. The van der Waals surface area contributed by atoms with Crippen LogP contribution >= 0.6 is 0 Å². The standard InChI is InChI=1S/C13H20N2O/c1-11-6-12(8-15-7-11)9-16-13(2)4-3-5-14-10-13/h6-8,14H,3-5,9-10H2,1-2H3. The van der Waals surface area contributed by atoms with Crippen molar-refractivity contribution < 1.29 is 4.74 Å². The van der Waals surface area contributed by atoms with E-state index in [0.717, 1.165) is 25.1 Å². The van der Waals surface area contributed by atoms with Crippen LogP contribution in [0.25, 0.3) is 0 Å². The van der Waals surface area contributed by atoms with Crippen LogP contribution < -0.4 is 5.32 Å². The lowest BCUT2D eigenvalue weighted by Crippen LogP contribution is -2.45. The zero-order chi connectivity index (χ0) is 11.4. The fourth-order valence-electron chi connectivity index (χ4n) is 2.11. The number of hydrogen-bond acceptors (Lipinski definition) is 3. The van der Waals surface area contributed by atoms with Crippen molar-refractivity contribution in [2.24, 2.45) is 0 Å². The largest absolute Gasteiger partial charge is 0.369 e. The van der Waals surface area contributed by atoms with Crippen LogP contribution in [-0.2, 0) is 11.3 Å². The van der Waals surface area contributed by atoms with Gasteiger partial charge < -0.3 is 10.1 Å². The molecule has 16 heavy (non-hydrogen) atoms. The first-order chi connectivity index (χ1) is 7.68. The normalized spacial score (nSPS) is 25.6. The molecule has 1 saturated heterocycles. The van der Waals surface area contributed by atoms with Gasteiger partial charge in [0.15, 0.2) is 0 Å². The highest BCUT2D eigenvalue weighted by Crippen LogP contribution is 2.21. The fraction of sp³-hybridized carbons (Fsp3) is 0.615. The van der Waals surface area contributed by atoms with Gasteiger partial charge in [0.25, 0.3) is 0 Å². The predicted octanol–water partition coefficient (Wildman–Crippen LogP) is 2.05. The molecule has 88 valence electrons. The van der Waals surface area contributed by atoms with E-state index in [1.165, 1.54) is 12.0 Å². The molecule has 0 aliphatic carbocycles. The molecule has 1 atom stereocenters. The average molecular weight is 220 g/mol. The summed E-state index contributed by atoms with van der Waals surface area (Å²) in [5.74, 6) is 0. The zero-order valence-electron chi connectivity index (χ0n) is 10.1. The van der Waals surface area contributed by atoms with Crippen molar-refractivity contribution in [3.8, 4) is 0 Å². The molecular formula is C13H20N2O. The molecule has 1 aromatic heterocycles. The Morgan fingerprint density at radius 3 is 3.06 bits per heavy atom. The van der Waals surface area contributed by atoms with Crippen LogP contribution in [-0.4, -0.2) is 23.7 Å². The highest BCUT2D eigenvalue weighted by molar-refractivity contribution is 5.15. The van der Waals surface area contributed by atoms with E-state index < -0.39 is 0 Å². The van der Waals surface area contributed by atoms with Gasteiger partial charge in [-0.3, -0.25) is 4.98 Å². The van der Waals surface area contributed by atoms with Crippen molar-refractivity contribution in [2.45, 2.75) is 38.9 Å². The second-order valence-electron chi connectivity index (χ2n) is 4.89. The summed E-state index contributed by atoms with van der Waals surface area (Å²) in [6, 6.07) is 2.13. The van der Waals surface area contributed by atoms with Crippen LogP contribution in [0.1, 0.15) is 30.9 Å². The van der Waals surface area contributed by atoms with E-state index in [1.807, 2.05) is 12.4 Å². The number of aryl methyl sites for hydroxylation is 1. The van der Waals surface area contributed by atoms with Crippen LogP contribution in [0.3, 0.4) is 0 Å². The van der Waals surface area contributed by atoms with Gasteiger partial charge in [-0.2, -0.15) is 0 Å². The van der Waals surface area contributed by atoms with Crippen LogP contribution in [0.5, 0.6) is 0 Å². The van der Waals surface area contributed by atoms with Gasteiger partial charge in [0.2, 0.25) is 0 Å². The lowest BCUT2D eigenvalue weighted by molar-refractivity contribution is -0.0572. The third-order valence-electron chi connectivity index (χ3n) is 3.08. The van der Waals surface area contributed by atoms with E-state index in [1.54, 1.807) is 0 Å². The maximum atomic E-state index is 6.01. The first kappa shape index (κ1) is 11.6. The summed E-state index contributed by atoms with van der Waals surface area (Å²) >= 11 is 0. The van der Waals surface area contributed by atoms with Crippen molar-refractivity contribution in [1.82, 2.24) is 10.3 Å². The molecule has 1 aromatic rings. The Morgan fingerprint density at radius 2 is 2.38 bits per heavy atom. The molecule has 0 amide bonds. The molecule has 1 N–H and O–H groups in total. The van der Waals surface area contributed by atoms with Gasteiger partial charge in [0, 0.05) is 18.9 Å². The van der Waals surface area contributed by atoms with Gasteiger partial charge in [-0.25, -0.2) is 0 Å². The van der Waals surface area contributed by atoms with Gasteiger partial charge >= 0.3 is 0 Å². The molecule has 0 spiro atoms. The van der Waals surface area contributed by atoms with Crippen LogP contribution in [0.4, 0.5) is 0 Å². The Bertz CT molecular complexity index is 346. The minimum Gasteiger partial charge on any atom is -0.369 e. The Labute approximate surface area is 97.2 Å². The molecule has 2 rings (SSSR count). The lowest BCUT2D eigenvalue weighted by atomic mass is 9.96. The third kappa shape index (κ3) is 3.03. The molecule has 0 aromatic carbocycles.